The van der Waals surface area contributed by atoms with Crippen LogP contribution in [0.5, 0.6) is 0 Å². The minimum atomic E-state index is -0.275. The van der Waals surface area contributed by atoms with Crippen LogP contribution in [0.4, 0.5) is 5.69 Å². The molecule has 0 spiro atoms. The van der Waals surface area contributed by atoms with Crippen LogP contribution in [0.25, 0.3) is 5.57 Å². The average Bonchev–Trinajstić information content (AvgIpc) is 2.93. The number of hydrogen-bond acceptors (Lipinski definition) is 3. The zero-order valence-electron chi connectivity index (χ0n) is 18.8. The fourth-order valence-electron chi connectivity index (χ4n) is 5.04. The summed E-state index contributed by atoms with van der Waals surface area (Å²) in [6.45, 7) is 11.9. The Bertz CT molecular complexity index is 1090. The number of amides is 2. The van der Waals surface area contributed by atoms with Gasteiger partial charge in [-0.15, -0.1) is 0 Å². The van der Waals surface area contributed by atoms with E-state index in [9.17, 15) is 9.59 Å². The molecule has 0 aliphatic carbocycles. The number of rotatable bonds is 3. The summed E-state index contributed by atoms with van der Waals surface area (Å²) in [6, 6.07) is 11.4. The fourth-order valence-corrected chi connectivity index (χ4v) is 5.20. The topological polar surface area (TPSA) is 40.6 Å². The molecule has 0 N–H and O–H groups in total. The fraction of sp³-hybridized carbons (Fsp3) is 0.385. The van der Waals surface area contributed by atoms with E-state index in [-0.39, 0.29) is 11.8 Å². The lowest BCUT2D eigenvalue weighted by Crippen LogP contribution is -2.42. The number of halogens is 1. The van der Waals surface area contributed by atoms with Crippen LogP contribution in [-0.4, -0.2) is 29.8 Å². The molecule has 2 heterocycles. The Morgan fingerprint density at radius 2 is 1.55 bits per heavy atom. The molecular formula is C26H29ClN2O2. The molecule has 4 nitrogen and oxygen atoms in total. The number of likely N-dealkylation sites (tertiary alicyclic amines) is 1. The predicted molar refractivity (Wildman–Crippen MR) is 126 cm³/mol. The van der Waals surface area contributed by atoms with Crippen LogP contribution < -0.4 is 4.90 Å². The van der Waals surface area contributed by atoms with E-state index in [1.807, 2.05) is 39.0 Å². The first kappa shape index (κ1) is 21.6. The van der Waals surface area contributed by atoms with Crippen molar-refractivity contribution < 1.29 is 9.59 Å². The van der Waals surface area contributed by atoms with Gasteiger partial charge >= 0.3 is 0 Å². The molecule has 0 aromatic heterocycles. The molecule has 2 aliphatic heterocycles. The van der Waals surface area contributed by atoms with Crippen molar-refractivity contribution in [1.82, 2.24) is 4.90 Å². The number of nitrogens with zero attached hydrogens (tertiary/aromatic N) is 2. The van der Waals surface area contributed by atoms with Crippen LogP contribution in [0.1, 0.15) is 42.5 Å². The number of anilines is 1. The van der Waals surface area contributed by atoms with E-state index in [1.165, 1.54) is 4.90 Å². The van der Waals surface area contributed by atoms with Gasteiger partial charge in [0.2, 0.25) is 0 Å². The van der Waals surface area contributed by atoms with E-state index >= 15 is 0 Å². The van der Waals surface area contributed by atoms with E-state index in [4.69, 9.17) is 11.6 Å². The molecule has 0 saturated carbocycles. The van der Waals surface area contributed by atoms with Gasteiger partial charge in [0.05, 0.1) is 11.3 Å². The number of carbonyl (C=O) groups is 2. The molecule has 2 aromatic carbocycles. The highest BCUT2D eigenvalue weighted by molar-refractivity contribution is 6.46. The molecule has 2 amide bonds. The Morgan fingerprint density at radius 3 is 2.19 bits per heavy atom. The largest absolute Gasteiger partial charge is 0.366 e. The number of piperidine rings is 1. The summed E-state index contributed by atoms with van der Waals surface area (Å²) in [5.74, 6) is 0.387. The number of hydrogen-bond donors (Lipinski definition) is 0. The Balaban J connectivity index is 1.90. The van der Waals surface area contributed by atoms with Crippen LogP contribution >= 0.6 is 11.6 Å². The first-order valence-electron chi connectivity index (χ1n) is 10.9. The van der Waals surface area contributed by atoms with Crippen LogP contribution in [0.15, 0.2) is 42.1 Å². The third-order valence-corrected chi connectivity index (χ3v) is 6.54. The maximum atomic E-state index is 13.8. The molecule has 162 valence electrons. The van der Waals surface area contributed by atoms with Crippen molar-refractivity contribution >= 4 is 34.7 Å². The maximum absolute atomic E-state index is 13.8. The summed E-state index contributed by atoms with van der Waals surface area (Å²) in [5.41, 5.74) is 5.37. The lowest BCUT2D eigenvalue weighted by atomic mass is 9.90. The molecule has 1 saturated heterocycles. The van der Waals surface area contributed by atoms with Crippen molar-refractivity contribution in [3.05, 3.63) is 69.4 Å². The average molecular weight is 437 g/mol. The summed E-state index contributed by atoms with van der Waals surface area (Å²) in [7, 11) is 0. The number of benzene rings is 2. The van der Waals surface area contributed by atoms with Gasteiger partial charge in [0.1, 0.15) is 5.70 Å². The Morgan fingerprint density at radius 1 is 0.871 bits per heavy atom. The molecule has 5 heteroatoms. The van der Waals surface area contributed by atoms with Crippen molar-refractivity contribution in [2.75, 3.05) is 18.0 Å². The summed E-state index contributed by atoms with van der Waals surface area (Å²) in [5, 5.41) is 0.503. The zero-order valence-corrected chi connectivity index (χ0v) is 19.6. The van der Waals surface area contributed by atoms with Crippen LogP contribution in [0, 0.1) is 32.6 Å². The number of imide groups is 1. The molecule has 31 heavy (non-hydrogen) atoms. The number of carbonyl (C=O) groups excluding carboxylic acids is 2. The zero-order chi connectivity index (χ0) is 22.4. The van der Waals surface area contributed by atoms with Gasteiger partial charge in [-0.3, -0.25) is 9.59 Å². The monoisotopic (exact) mass is 436 g/mol. The standard InChI is InChI=1S/C26H29ClN2O2/c1-15-6-9-21(19(5)11-15)23-24(28-13-16(2)10-17(3)14-28)26(31)29(25(23)30)22-12-20(27)8-7-18(22)4/h6-9,11-12,16-17H,10,13-14H2,1-5H3. The maximum Gasteiger partial charge on any atom is 0.282 e. The number of aryl methyl sites for hydroxylation is 3. The second kappa shape index (κ2) is 8.16. The first-order valence-corrected chi connectivity index (χ1v) is 11.3. The third kappa shape index (κ3) is 3.89. The Labute approximate surface area is 189 Å². The van der Waals surface area contributed by atoms with Crippen molar-refractivity contribution in [3.8, 4) is 0 Å². The highest BCUT2D eigenvalue weighted by Crippen LogP contribution is 2.39. The highest BCUT2D eigenvalue weighted by atomic mass is 35.5. The summed E-state index contributed by atoms with van der Waals surface area (Å²) in [6.07, 6.45) is 1.13. The minimum Gasteiger partial charge on any atom is -0.366 e. The van der Waals surface area contributed by atoms with Gasteiger partial charge in [-0.05, 0) is 67.9 Å². The van der Waals surface area contributed by atoms with Gasteiger partial charge in [-0.25, -0.2) is 4.90 Å². The van der Waals surface area contributed by atoms with E-state index in [0.717, 1.165) is 41.8 Å². The molecule has 0 bridgehead atoms. The lowest BCUT2D eigenvalue weighted by molar-refractivity contribution is -0.120. The van der Waals surface area contributed by atoms with Gasteiger partial charge in [0.15, 0.2) is 0 Å². The van der Waals surface area contributed by atoms with Crippen molar-refractivity contribution in [2.24, 2.45) is 11.8 Å². The molecule has 2 aromatic rings. The SMILES string of the molecule is Cc1ccc(C2=C(N3CC(C)CC(C)C3)C(=O)N(c3cc(Cl)ccc3C)C2=O)c(C)c1. The minimum absolute atomic E-state index is 0.258. The summed E-state index contributed by atoms with van der Waals surface area (Å²) in [4.78, 5) is 31.1. The molecule has 2 aliphatic rings. The van der Waals surface area contributed by atoms with E-state index in [2.05, 4.69) is 24.8 Å². The molecule has 2 atom stereocenters. The van der Waals surface area contributed by atoms with Gasteiger partial charge < -0.3 is 4.90 Å². The van der Waals surface area contributed by atoms with Crippen LogP contribution in [0.2, 0.25) is 5.02 Å². The van der Waals surface area contributed by atoms with E-state index in [0.29, 0.717) is 33.8 Å². The van der Waals surface area contributed by atoms with Gasteiger partial charge in [-0.2, -0.15) is 0 Å². The third-order valence-electron chi connectivity index (χ3n) is 6.31. The van der Waals surface area contributed by atoms with E-state index in [1.54, 1.807) is 12.1 Å². The Hall–Kier alpha value is -2.59. The molecule has 1 fully saturated rings. The van der Waals surface area contributed by atoms with Crippen molar-refractivity contribution in [1.29, 1.82) is 0 Å². The second-order valence-corrected chi connectivity index (χ2v) is 9.71. The molecule has 4 rings (SSSR count). The summed E-state index contributed by atoms with van der Waals surface area (Å²) >= 11 is 6.24. The van der Waals surface area contributed by atoms with Crippen molar-refractivity contribution in [3.63, 3.8) is 0 Å². The Kier molecular flexibility index (Phi) is 5.69. The van der Waals surface area contributed by atoms with E-state index < -0.39 is 0 Å². The van der Waals surface area contributed by atoms with Crippen LogP contribution in [-0.2, 0) is 9.59 Å². The van der Waals surface area contributed by atoms with Crippen LogP contribution in [0.3, 0.4) is 0 Å². The molecule has 2 unspecified atom stereocenters. The normalized spacial score (nSPS) is 22.0. The highest BCUT2D eigenvalue weighted by Gasteiger charge is 2.44. The predicted octanol–water partition coefficient (Wildman–Crippen LogP) is 5.53. The van der Waals surface area contributed by atoms with Gasteiger partial charge in [0.25, 0.3) is 11.8 Å². The van der Waals surface area contributed by atoms with Gasteiger partial charge in [-0.1, -0.05) is 55.3 Å². The first-order chi connectivity index (χ1) is 14.7. The molecular weight excluding hydrogens is 408 g/mol. The second-order valence-electron chi connectivity index (χ2n) is 9.27. The van der Waals surface area contributed by atoms with Gasteiger partial charge in [0, 0.05) is 18.1 Å². The smallest absolute Gasteiger partial charge is 0.282 e. The quantitative estimate of drug-likeness (QED) is 0.594. The summed E-state index contributed by atoms with van der Waals surface area (Å²) < 4.78 is 0. The lowest BCUT2D eigenvalue weighted by Gasteiger charge is -2.37. The molecule has 0 radical (unpaired) electrons. The van der Waals surface area contributed by atoms with Crippen molar-refractivity contribution in [2.45, 2.75) is 41.0 Å².